The molecule has 0 aliphatic heterocycles. The molecule has 3 heteroatoms. The van der Waals surface area contributed by atoms with Gasteiger partial charge in [-0.1, -0.05) is 19.3 Å². The molecule has 90 valence electrons. The molecule has 0 aromatic heterocycles. The van der Waals surface area contributed by atoms with Crippen molar-refractivity contribution in [3.63, 3.8) is 0 Å². The third kappa shape index (κ3) is 6.13. The van der Waals surface area contributed by atoms with Gasteiger partial charge in [-0.25, -0.2) is 0 Å². The topological polar surface area (TPSA) is 64.1 Å². The summed E-state index contributed by atoms with van der Waals surface area (Å²) in [6.07, 6.45) is 10.2. The highest BCUT2D eigenvalue weighted by Gasteiger charge is 2.12. The Morgan fingerprint density at radius 1 is 1.13 bits per heavy atom. The summed E-state index contributed by atoms with van der Waals surface area (Å²) < 4.78 is 0. The molecular formula is C12H27N3. The lowest BCUT2D eigenvalue weighted by Gasteiger charge is -2.23. The highest BCUT2D eigenvalue weighted by Crippen LogP contribution is 2.17. The molecule has 0 saturated heterocycles. The van der Waals surface area contributed by atoms with Crippen LogP contribution in [0.2, 0.25) is 0 Å². The van der Waals surface area contributed by atoms with Crippen molar-refractivity contribution >= 4 is 0 Å². The lowest BCUT2D eigenvalue weighted by atomic mass is 9.95. The van der Waals surface area contributed by atoms with Gasteiger partial charge in [0, 0.05) is 12.1 Å². The van der Waals surface area contributed by atoms with E-state index in [0.717, 1.165) is 38.4 Å². The molecule has 1 rings (SSSR count). The monoisotopic (exact) mass is 213 g/mol. The standard InChI is InChI=1S/C12H27N3/c13-9-4-5-11(14)8-10-15-12-6-2-1-3-7-12/h11-12,15H,1-10,13-14H2. The summed E-state index contributed by atoms with van der Waals surface area (Å²) >= 11 is 0. The van der Waals surface area contributed by atoms with Gasteiger partial charge >= 0.3 is 0 Å². The van der Waals surface area contributed by atoms with Crippen LogP contribution in [0.3, 0.4) is 0 Å². The Morgan fingerprint density at radius 2 is 1.87 bits per heavy atom. The molecule has 0 aromatic rings. The molecule has 0 amide bonds. The van der Waals surface area contributed by atoms with E-state index in [0.29, 0.717) is 6.04 Å². The van der Waals surface area contributed by atoms with Crippen molar-refractivity contribution < 1.29 is 0 Å². The van der Waals surface area contributed by atoms with E-state index in [1.54, 1.807) is 0 Å². The van der Waals surface area contributed by atoms with Gasteiger partial charge in [0.2, 0.25) is 0 Å². The number of hydrogen-bond acceptors (Lipinski definition) is 3. The van der Waals surface area contributed by atoms with Gasteiger partial charge in [0.1, 0.15) is 0 Å². The summed E-state index contributed by atoms with van der Waals surface area (Å²) in [7, 11) is 0. The Morgan fingerprint density at radius 3 is 2.53 bits per heavy atom. The molecule has 1 atom stereocenters. The molecular weight excluding hydrogens is 186 g/mol. The Balaban J connectivity index is 1.94. The Bertz CT molecular complexity index is 144. The molecule has 1 aliphatic rings. The average molecular weight is 213 g/mol. The first-order chi connectivity index (χ1) is 7.33. The minimum absolute atomic E-state index is 0.338. The van der Waals surface area contributed by atoms with Crippen LogP contribution in [0.15, 0.2) is 0 Å². The van der Waals surface area contributed by atoms with Crippen molar-refractivity contribution in [1.29, 1.82) is 0 Å². The molecule has 5 N–H and O–H groups in total. The third-order valence-corrected chi connectivity index (χ3v) is 3.33. The molecule has 3 nitrogen and oxygen atoms in total. The van der Waals surface area contributed by atoms with Crippen LogP contribution < -0.4 is 16.8 Å². The van der Waals surface area contributed by atoms with Crippen molar-refractivity contribution in [2.75, 3.05) is 13.1 Å². The fraction of sp³-hybridized carbons (Fsp3) is 1.00. The number of hydrogen-bond donors (Lipinski definition) is 3. The SMILES string of the molecule is NCCCC(N)CCNC1CCCCC1. The van der Waals surface area contributed by atoms with E-state index in [1.807, 2.05) is 0 Å². The molecule has 0 heterocycles. The average Bonchev–Trinajstić information content (AvgIpc) is 2.28. The van der Waals surface area contributed by atoms with Crippen LogP contribution in [-0.2, 0) is 0 Å². The molecule has 0 bridgehead atoms. The Kier molecular flexibility index (Phi) is 6.98. The van der Waals surface area contributed by atoms with Gasteiger partial charge in [0.25, 0.3) is 0 Å². The lowest BCUT2D eigenvalue weighted by molar-refractivity contribution is 0.365. The highest BCUT2D eigenvalue weighted by molar-refractivity contribution is 4.73. The van der Waals surface area contributed by atoms with Crippen molar-refractivity contribution in [3.8, 4) is 0 Å². The fourth-order valence-corrected chi connectivity index (χ4v) is 2.30. The minimum atomic E-state index is 0.338. The normalized spacial score (nSPS) is 20.4. The van der Waals surface area contributed by atoms with E-state index < -0.39 is 0 Å². The van der Waals surface area contributed by atoms with Gasteiger partial charge in [-0.2, -0.15) is 0 Å². The summed E-state index contributed by atoms with van der Waals surface area (Å²) in [5.74, 6) is 0. The lowest BCUT2D eigenvalue weighted by Crippen LogP contribution is -2.35. The van der Waals surface area contributed by atoms with Crippen LogP contribution in [0, 0.1) is 0 Å². The molecule has 1 saturated carbocycles. The highest BCUT2D eigenvalue weighted by atomic mass is 14.9. The Labute approximate surface area is 94.0 Å². The zero-order valence-corrected chi connectivity index (χ0v) is 9.88. The molecule has 0 spiro atoms. The first-order valence-electron chi connectivity index (χ1n) is 6.52. The minimum Gasteiger partial charge on any atom is -0.330 e. The zero-order valence-electron chi connectivity index (χ0n) is 9.88. The second-order valence-corrected chi connectivity index (χ2v) is 4.77. The molecule has 15 heavy (non-hydrogen) atoms. The quantitative estimate of drug-likeness (QED) is 0.598. The van der Waals surface area contributed by atoms with Gasteiger partial charge in [0.05, 0.1) is 0 Å². The molecule has 0 aromatic carbocycles. The van der Waals surface area contributed by atoms with E-state index in [1.165, 1.54) is 32.1 Å². The Hall–Kier alpha value is -0.120. The third-order valence-electron chi connectivity index (χ3n) is 3.33. The summed E-state index contributed by atoms with van der Waals surface area (Å²) in [5, 5.41) is 3.62. The molecule has 1 fully saturated rings. The fourth-order valence-electron chi connectivity index (χ4n) is 2.30. The van der Waals surface area contributed by atoms with E-state index >= 15 is 0 Å². The second-order valence-electron chi connectivity index (χ2n) is 4.77. The summed E-state index contributed by atoms with van der Waals surface area (Å²) in [6.45, 7) is 1.85. The van der Waals surface area contributed by atoms with Gasteiger partial charge in [-0.05, 0) is 45.2 Å². The summed E-state index contributed by atoms with van der Waals surface area (Å²) in [5.41, 5.74) is 11.4. The van der Waals surface area contributed by atoms with Gasteiger partial charge in [-0.15, -0.1) is 0 Å². The van der Waals surface area contributed by atoms with E-state index in [4.69, 9.17) is 11.5 Å². The van der Waals surface area contributed by atoms with Crippen molar-refractivity contribution in [3.05, 3.63) is 0 Å². The van der Waals surface area contributed by atoms with Gasteiger partial charge in [0.15, 0.2) is 0 Å². The van der Waals surface area contributed by atoms with Crippen LogP contribution in [0.1, 0.15) is 51.4 Å². The van der Waals surface area contributed by atoms with Crippen LogP contribution in [0.4, 0.5) is 0 Å². The smallest absolute Gasteiger partial charge is 0.00670 e. The van der Waals surface area contributed by atoms with E-state index in [-0.39, 0.29) is 0 Å². The zero-order chi connectivity index (χ0) is 10.9. The number of rotatable bonds is 7. The van der Waals surface area contributed by atoms with E-state index in [2.05, 4.69) is 5.32 Å². The summed E-state index contributed by atoms with van der Waals surface area (Å²) in [4.78, 5) is 0. The van der Waals surface area contributed by atoms with E-state index in [9.17, 15) is 0 Å². The van der Waals surface area contributed by atoms with Crippen LogP contribution >= 0.6 is 0 Å². The molecule has 0 radical (unpaired) electrons. The molecule has 1 unspecified atom stereocenters. The number of nitrogens with two attached hydrogens (primary N) is 2. The van der Waals surface area contributed by atoms with Crippen molar-refractivity contribution in [1.82, 2.24) is 5.32 Å². The number of nitrogens with one attached hydrogen (secondary N) is 1. The van der Waals surface area contributed by atoms with Crippen molar-refractivity contribution in [2.24, 2.45) is 11.5 Å². The first-order valence-corrected chi connectivity index (χ1v) is 6.52. The maximum absolute atomic E-state index is 5.98. The predicted octanol–water partition coefficient (Wildman–Crippen LogP) is 1.36. The maximum atomic E-state index is 5.98. The van der Waals surface area contributed by atoms with Crippen LogP contribution in [-0.4, -0.2) is 25.2 Å². The predicted molar refractivity (Wildman–Crippen MR) is 65.8 cm³/mol. The first kappa shape index (κ1) is 12.9. The van der Waals surface area contributed by atoms with Gasteiger partial charge in [-0.3, -0.25) is 0 Å². The van der Waals surface area contributed by atoms with Crippen LogP contribution in [0.25, 0.3) is 0 Å². The maximum Gasteiger partial charge on any atom is 0.00670 e. The van der Waals surface area contributed by atoms with Crippen molar-refractivity contribution in [2.45, 2.75) is 63.5 Å². The molecule has 1 aliphatic carbocycles. The summed E-state index contributed by atoms with van der Waals surface area (Å²) in [6, 6.07) is 1.10. The largest absolute Gasteiger partial charge is 0.330 e. The van der Waals surface area contributed by atoms with Crippen LogP contribution in [0.5, 0.6) is 0 Å². The second kappa shape index (κ2) is 8.08. The van der Waals surface area contributed by atoms with Gasteiger partial charge < -0.3 is 16.8 Å².